The van der Waals surface area contributed by atoms with Crippen LogP contribution in [0.15, 0.2) is 96.2 Å². The van der Waals surface area contributed by atoms with Gasteiger partial charge in [0.25, 0.3) is 0 Å². The van der Waals surface area contributed by atoms with Crippen LogP contribution in [-0.2, 0) is 19.1 Å². The summed E-state index contributed by atoms with van der Waals surface area (Å²) in [4.78, 5) is 34.3. The van der Waals surface area contributed by atoms with Gasteiger partial charge < -0.3 is 30.3 Å². The Bertz CT molecular complexity index is 1460. The van der Waals surface area contributed by atoms with Crippen molar-refractivity contribution >= 4 is 17.3 Å². The molecule has 0 unspecified atom stereocenters. The van der Waals surface area contributed by atoms with Gasteiger partial charge in [-0.1, -0.05) is 185 Å². The summed E-state index contributed by atoms with van der Waals surface area (Å²) in [7, 11) is 0. The Hall–Kier alpha value is -2.69. The SMILES string of the molecule is CC(C)(C)C(=O)/C=C(\[O-])C(C)(C)C.CC(C)(C)C(=O)/C=C(\[O-])C(C)(C)C.CC(C)(C)C(=O)/C=C(\[O-])C(C)(C)C.CCOCC.O[C@H](c1ccccc1)[C@@H](O)c1ccccc1.[Pr+3]. The number of benzene rings is 2. The summed E-state index contributed by atoms with van der Waals surface area (Å²) in [5, 5.41) is 54.3. The maximum atomic E-state index is 11.4. The van der Waals surface area contributed by atoms with E-state index in [1.165, 1.54) is 18.2 Å². The predicted octanol–water partition coefficient (Wildman–Crippen LogP) is 9.17. The molecule has 2 atom stereocenters. The molecule has 9 nitrogen and oxygen atoms in total. The summed E-state index contributed by atoms with van der Waals surface area (Å²) < 4.78 is 4.83. The number of allylic oxidation sites excluding steroid dienone is 6. The van der Waals surface area contributed by atoms with Crippen molar-refractivity contribution in [3.05, 3.63) is 107 Å². The second-order valence-corrected chi connectivity index (χ2v) is 20.6. The first-order chi connectivity index (χ1) is 26.8. The van der Waals surface area contributed by atoms with E-state index < -0.39 is 44.7 Å². The van der Waals surface area contributed by atoms with Gasteiger partial charge in [-0.15, -0.1) is 17.3 Å². The number of ether oxygens (including phenoxy) is 1. The van der Waals surface area contributed by atoms with Crippen molar-refractivity contribution in [2.75, 3.05) is 13.2 Å². The molecule has 0 fully saturated rings. The van der Waals surface area contributed by atoms with Crippen LogP contribution in [-0.4, -0.2) is 40.8 Å². The molecule has 2 aromatic carbocycles. The maximum Gasteiger partial charge on any atom is 3.00 e. The first-order valence-corrected chi connectivity index (χ1v) is 20.7. The Morgan fingerprint density at radius 3 is 0.787 bits per heavy atom. The normalized spacial score (nSPS) is 13.7. The zero-order valence-electron chi connectivity index (χ0n) is 41.4. The largest absolute Gasteiger partial charge is 3.00 e. The molecule has 0 saturated carbocycles. The van der Waals surface area contributed by atoms with Gasteiger partial charge in [0.2, 0.25) is 0 Å². The van der Waals surface area contributed by atoms with E-state index in [4.69, 9.17) is 4.74 Å². The Balaban J connectivity index is -0.000000342. The molecular weight excluding hydrogens is 897 g/mol. The van der Waals surface area contributed by atoms with Crippen LogP contribution >= 0.6 is 0 Å². The van der Waals surface area contributed by atoms with E-state index >= 15 is 0 Å². The van der Waals surface area contributed by atoms with Gasteiger partial charge in [-0.05, 0) is 59.4 Å². The van der Waals surface area contributed by atoms with Crippen LogP contribution in [0.5, 0.6) is 0 Å². The zero-order valence-corrected chi connectivity index (χ0v) is 45.1. The molecule has 0 aromatic heterocycles. The summed E-state index contributed by atoms with van der Waals surface area (Å²) in [6, 6.07) is 18.3. The topological polar surface area (TPSA) is 170 Å². The van der Waals surface area contributed by atoms with E-state index in [9.17, 15) is 39.9 Å². The third-order valence-corrected chi connectivity index (χ3v) is 8.21. The summed E-state index contributed by atoms with van der Waals surface area (Å²) in [5.41, 5.74) is -1.30. The number of hydrogen-bond acceptors (Lipinski definition) is 9. The number of aliphatic hydroxyl groups is 2. The molecule has 2 rings (SSSR count). The minimum atomic E-state index is -0.886. The van der Waals surface area contributed by atoms with Gasteiger partial charge in [0.05, 0.1) is 0 Å². The molecule has 10 heteroatoms. The third kappa shape index (κ3) is 30.9. The van der Waals surface area contributed by atoms with Crippen molar-refractivity contribution in [1.82, 2.24) is 0 Å². The van der Waals surface area contributed by atoms with Crippen molar-refractivity contribution < 1.29 is 85.9 Å². The molecule has 2 N–H and O–H groups in total. The zero-order chi connectivity index (χ0) is 48.1. The molecule has 0 amide bonds. The van der Waals surface area contributed by atoms with E-state index in [0.29, 0.717) is 0 Å². The number of aliphatic hydroxyl groups excluding tert-OH is 2. The summed E-state index contributed by atoms with van der Waals surface area (Å²) in [6.07, 6.45) is 1.90. The van der Waals surface area contributed by atoms with E-state index in [1.807, 2.05) is 175 Å². The average Bonchev–Trinajstić information content (AvgIpc) is 3.10. The standard InChI is InChI=1S/C14H14O2.3C11H20O2.C4H10O.Pr/c15-13(11-7-3-1-4-8-11)14(16)12-9-5-2-6-10-12;3*1-10(2,3)8(12)7-9(13)11(4,5)6;1-3-5-4-2;/h1-10,13-16H;3*7,12H,1-6H3;3-4H2,1-2H3;/q;;;;;+3/p-3/b;3*8-7-;;/t13-,14+;;;;;. The van der Waals surface area contributed by atoms with Crippen LogP contribution < -0.4 is 15.3 Å². The fourth-order valence-electron chi connectivity index (χ4n) is 3.53. The molecule has 61 heavy (non-hydrogen) atoms. The molecule has 342 valence electrons. The number of hydrogen-bond donors (Lipinski definition) is 2. The van der Waals surface area contributed by atoms with Gasteiger partial charge in [0.1, 0.15) is 12.2 Å². The molecule has 0 saturated heterocycles. The molecule has 0 spiro atoms. The van der Waals surface area contributed by atoms with Crippen molar-refractivity contribution in [1.29, 1.82) is 0 Å². The molecule has 0 aliphatic heterocycles. The Kier molecular flexibility index (Phi) is 30.8. The fourth-order valence-corrected chi connectivity index (χ4v) is 3.53. The monoisotopic (exact) mass is 978 g/mol. The smallest absolute Gasteiger partial charge is 0.875 e. The van der Waals surface area contributed by atoms with Crippen molar-refractivity contribution in [3.63, 3.8) is 0 Å². The number of ketones is 3. The van der Waals surface area contributed by atoms with Crippen LogP contribution in [0.2, 0.25) is 0 Å². The second kappa shape index (κ2) is 28.9. The van der Waals surface area contributed by atoms with Crippen molar-refractivity contribution in [3.8, 4) is 0 Å². The Labute approximate surface area is 404 Å². The molecule has 0 bridgehead atoms. The molecular formula is C51H81O9Pr. The fraction of sp³-hybridized carbons (Fsp3) is 0.588. The average molecular weight is 979 g/mol. The van der Waals surface area contributed by atoms with Crippen molar-refractivity contribution in [2.24, 2.45) is 32.5 Å². The van der Waals surface area contributed by atoms with Crippen LogP contribution in [0.25, 0.3) is 0 Å². The van der Waals surface area contributed by atoms with E-state index in [2.05, 4.69) is 0 Å². The minimum absolute atomic E-state index is 0. The summed E-state index contributed by atoms with van der Waals surface area (Å²) in [6.45, 7) is 38.2. The molecule has 2 aromatic rings. The molecule has 0 aliphatic rings. The van der Waals surface area contributed by atoms with Gasteiger partial charge in [-0.25, -0.2) is 0 Å². The second-order valence-electron chi connectivity index (χ2n) is 20.6. The van der Waals surface area contributed by atoms with Gasteiger partial charge >= 0.3 is 41.3 Å². The van der Waals surface area contributed by atoms with Gasteiger partial charge in [-0.3, -0.25) is 14.4 Å². The minimum Gasteiger partial charge on any atom is -0.875 e. The summed E-state index contributed by atoms with van der Waals surface area (Å²) in [5.74, 6) is -0.625. The number of rotatable bonds is 8. The van der Waals surface area contributed by atoms with E-state index in [1.54, 1.807) is 24.3 Å². The van der Waals surface area contributed by atoms with E-state index in [-0.39, 0.29) is 75.9 Å². The van der Waals surface area contributed by atoms with Crippen LogP contribution in [0.3, 0.4) is 0 Å². The van der Waals surface area contributed by atoms with Crippen LogP contribution in [0.1, 0.15) is 162 Å². The Morgan fingerprint density at radius 2 is 0.656 bits per heavy atom. The molecule has 0 aliphatic carbocycles. The maximum absolute atomic E-state index is 11.4. The van der Waals surface area contributed by atoms with Crippen LogP contribution in [0, 0.1) is 73.8 Å². The number of carbonyl (C=O) groups excluding carboxylic acids is 3. The molecule has 0 radical (unpaired) electrons. The van der Waals surface area contributed by atoms with Crippen LogP contribution in [0.4, 0.5) is 0 Å². The van der Waals surface area contributed by atoms with Crippen molar-refractivity contribution in [2.45, 2.75) is 151 Å². The van der Waals surface area contributed by atoms with Gasteiger partial charge in [0, 0.05) is 29.5 Å². The van der Waals surface area contributed by atoms with E-state index in [0.717, 1.165) is 24.3 Å². The quantitative estimate of drug-likeness (QED) is 0.194. The Morgan fingerprint density at radius 1 is 0.459 bits per heavy atom. The molecule has 0 heterocycles. The van der Waals surface area contributed by atoms with Gasteiger partial charge in [-0.2, -0.15) is 0 Å². The predicted molar refractivity (Wildman–Crippen MR) is 241 cm³/mol. The van der Waals surface area contributed by atoms with Gasteiger partial charge in [0.15, 0.2) is 17.3 Å². The number of carbonyl (C=O) groups is 3. The summed E-state index contributed by atoms with van der Waals surface area (Å²) >= 11 is 0. The first-order valence-electron chi connectivity index (χ1n) is 20.7. The third-order valence-electron chi connectivity index (χ3n) is 8.21. The first kappa shape index (κ1) is 64.9.